The monoisotopic (exact) mass is 412 g/mol. The van der Waals surface area contributed by atoms with E-state index in [0.717, 1.165) is 6.42 Å². The van der Waals surface area contributed by atoms with E-state index in [2.05, 4.69) is 16.0 Å². The first-order valence-corrected chi connectivity index (χ1v) is 9.23. The highest BCUT2D eigenvalue weighted by Crippen LogP contribution is 2.15. The standard InChI is InChI=1S/C20H20N4O4S/c1-2-12-21-19(26)16-8-3-4-9-17(16)22-20(29)23-18(25)11-10-14-6-5-7-15(13-14)24(27)28/h3-11,13H,2,12H2,1H3,(H,21,26)(H2,22,23,25,29)/b11-10+. The number of nitrogens with zero attached hydrogens (tertiary/aromatic N) is 1. The van der Waals surface area contributed by atoms with Crippen LogP contribution in [0.15, 0.2) is 54.6 Å². The van der Waals surface area contributed by atoms with E-state index in [1.54, 1.807) is 30.3 Å². The summed E-state index contributed by atoms with van der Waals surface area (Å²) >= 11 is 5.13. The Morgan fingerprint density at radius 1 is 1.17 bits per heavy atom. The molecule has 0 unspecified atom stereocenters. The van der Waals surface area contributed by atoms with Crippen LogP contribution in [0.5, 0.6) is 0 Å². The van der Waals surface area contributed by atoms with Gasteiger partial charge in [0, 0.05) is 24.8 Å². The Morgan fingerprint density at radius 2 is 1.93 bits per heavy atom. The van der Waals surface area contributed by atoms with Crippen molar-refractivity contribution in [3.63, 3.8) is 0 Å². The van der Waals surface area contributed by atoms with E-state index in [1.165, 1.54) is 30.4 Å². The van der Waals surface area contributed by atoms with Gasteiger partial charge in [-0.2, -0.15) is 0 Å². The molecule has 0 spiro atoms. The van der Waals surface area contributed by atoms with Crippen molar-refractivity contribution in [3.05, 3.63) is 75.8 Å². The van der Waals surface area contributed by atoms with Crippen LogP contribution in [0.1, 0.15) is 29.3 Å². The third kappa shape index (κ3) is 6.82. The maximum Gasteiger partial charge on any atom is 0.270 e. The van der Waals surface area contributed by atoms with Crippen LogP contribution in [0.3, 0.4) is 0 Å². The number of carbonyl (C=O) groups excluding carboxylic acids is 2. The number of anilines is 1. The molecule has 8 nitrogen and oxygen atoms in total. The predicted molar refractivity (Wildman–Crippen MR) is 116 cm³/mol. The van der Waals surface area contributed by atoms with Crippen molar-refractivity contribution >= 4 is 46.6 Å². The fraction of sp³-hybridized carbons (Fsp3) is 0.150. The van der Waals surface area contributed by atoms with E-state index in [1.807, 2.05) is 6.92 Å². The zero-order valence-corrected chi connectivity index (χ0v) is 16.5. The van der Waals surface area contributed by atoms with E-state index in [0.29, 0.717) is 23.4 Å². The highest BCUT2D eigenvalue weighted by molar-refractivity contribution is 7.80. The molecule has 9 heteroatoms. The van der Waals surface area contributed by atoms with Crippen molar-refractivity contribution in [2.75, 3.05) is 11.9 Å². The topological polar surface area (TPSA) is 113 Å². The molecule has 2 aromatic carbocycles. The molecule has 0 heterocycles. The number of thiocarbonyl (C=S) groups is 1. The fourth-order valence-corrected chi connectivity index (χ4v) is 2.56. The van der Waals surface area contributed by atoms with Crippen molar-refractivity contribution in [1.82, 2.24) is 10.6 Å². The maximum atomic E-state index is 12.2. The number of nitro groups is 1. The van der Waals surface area contributed by atoms with Gasteiger partial charge in [0.25, 0.3) is 11.6 Å². The Balaban J connectivity index is 1.99. The molecule has 0 aromatic heterocycles. The minimum atomic E-state index is -0.512. The van der Waals surface area contributed by atoms with Crippen LogP contribution in [0.4, 0.5) is 11.4 Å². The summed E-state index contributed by atoms with van der Waals surface area (Å²) in [5.74, 6) is -0.753. The van der Waals surface area contributed by atoms with Gasteiger partial charge in [-0.05, 0) is 42.4 Å². The average Bonchev–Trinajstić information content (AvgIpc) is 2.71. The molecule has 0 aliphatic rings. The van der Waals surface area contributed by atoms with Crippen LogP contribution in [0.25, 0.3) is 6.08 Å². The summed E-state index contributed by atoms with van der Waals surface area (Å²) in [6, 6.07) is 12.7. The zero-order chi connectivity index (χ0) is 21.2. The van der Waals surface area contributed by atoms with Gasteiger partial charge in [0.05, 0.1) is 16.2 Å². The van der Waals surface area contributed by atoms with Gasteiger partial charge in [0.2, 0.25) is 5.91 Å². The number of hydrogen-bond donors (Lipinski definition) is 3. The first kappa shape index (κ1) is 21.7. The van der Waals surface area contributed by atoms with Gasteiger partial charge in [-0.25, -0.2) is 0 Å². The lowest BCUT2D eigenvalue weighted by Crippen LogP contribution is -2.34. The van der Waals surface area contributed by atoms with Gasteiger partial charge in [0.1, 0.15) is 0 Å². The quantitative estimate of drug-likeness (QED) is 0.278. The molecular formula is C20H20N4O4S. The number of benzene rings is 2. The highest BCUT2D eigenvalue weighted by atomic mass is 32.1. The molecule has 0 aliphatic carbocycles. The summed E-state index contributed by atoms with van der Waals surface area (Å²) in [7, 11) is 0. The smallest absolute Gasteiger partial charge is 0.270 e. The highest BCUT2D eigenvalue weighted by Gasteiger charge is 2.12. The van der Waals surface area contributed by atoms with Crippen LogP contribution in [0, 0.1) is 10.1 Å². The number of carbonyl (C=O) groups is 2. The second kappa shape index (κ2) is 10.7. The summed E-state index contributed by atoms with van der Waals surface area (Å²) in [5.41, 5.74) is 1.31. The molecule has 0 saturated heterocycles. The van der Waals surface area contributed by atoms with E-state index >= 15 is 0 Å². The van der Waals surface area contributed by atoms with Crippen LogP contribution in [-0.2, 0) is 4.79 Å². The molecule has 2 amide bonds. The number of para-hydroxylation sites is 1. The molecule has 0 saturated carbocycles. The Kier molecular flexibility index (Phi) is 7.99. The minimum Gasteiger partial charge on any atom is -0.352 e. The summed E-state index contributed by atoms with van der Waals surface area (Å²) in [5, 5.41) is 18.9. The first-order valence-electron chi connectivity index (χ1n) is 8.82. The van der Waals surface area contributed by atoms with Gasteiger partial charge >= 0.3 is 0 Å². The van der Waals surface area contributed by atoms with Crippen LogP contribution in [-0.4, -0.2) is 28.4 Å². The second-order valence-corrected chi connectivity index (χ2v) is 6.34. The normalized spacial score (nSPS) is 10.4. The number of nitro benzene ring substituents is 1. The minimum absolute atomic E-state index is 0.0226. The van der Waals surface area contributed by atoms with E-state index in [9.17, 15) is 19.7 Å². The lowest BCUT2D eigenvalue weighted by Gasteiger charge is -2.12. The summed E-state index contributed by atoms with van der Waals surface area (Å²) in [6.07, 6.45) is 3.47. The third-order valence-corrected chi connectivity index (χ3v) is 3.90. The fourth-order valence-electron chi connectivity index (χ4n) is 2.34. The Hall–Kier alpha value is -3.59. The molecule has 0 aliphatic heterocycles. The number of hydrogen-bond acceptors (Lipinski definition) is 5. The second-order valence-electron chi connectivity index (χ2n) is 5.93. The Morgan fingerprint density at radius 3 is 2.66 bits per heavy atom. The zero-order valence-electron chi connectivity index (χ0n) is 15.7. The van der Waals surface area contributed by atoms with Crippen molar-refractivity contribution in [1.29, 1.82) is 0 Å². The lowest BCUT2D eigenvalue weighted by molar-refractivity contribution is -0.384. The average molecular weight is 412 g/mol. The van der Waals surface area contributed by atoms with Gasteiger partial charge in [-0.15, -0.1) is 0 Å². The predicted octanol–water partition coefficient (Wildman–Crippen LogP) is 3.26. The summed E-state index contributed by atoms with van der Waals surface area (Å²) < 4.78 is 0. The Bertz CT molecular complexity index is 959. The molecule has 29 heavy (non-hydrogen) atoms. The van der Waals surface area contributed by atoms with E-state index in [-0.39, 0.29) is 16.7 Å². The number of amides is 2. The number of rotatable bonds is 7. The third-order valence-electron chi connectivity index (χ3n) is 3.70. The van der Waals surface area contributed by atoms with Crippen LogP contribution < -0.4 is 16.0 Å². The summed E-state index contributed by atoms with van der Waals surface area (Å²) in [4.78, 5) is 34.6. The van der Waals surface area contributed by atoms with Crippen molar-refractivity contribution in [2.24, 2.45) is 0 Å². The molecule has 150 valence electrons. The largest absolute Gasteiger partial charge is 0.352 e. The number of nitrogens with one attached hydrogen (secondary N) is 3. The van der Waals surface area contributed by atoms with Crippen LogP contribution >= 0.6 is 12.2 Å². The van der Waals surface area contributed by atoms with Gasteiger partial charge in [0.15, 0.2) is 5.11 Å². The van der Waals surface area contributed by atoms with Gasteiger partial charge in [-0.3, -0.25) is 25.0 Å². The molecule has 0 bridgehead atoms. The Labute approximate surface area is 173 Å². The molecule has 2 rings (SSSR count). The van der Waals surface area contributed by atoms with Crippen molar-refractivity contribution < 1.29 is 14.5 Å². The molecule has 2 aromatic rings. The van der Waals surface area contributed by atoms with Crippen molar-refractivity contribution in [2.45, 2.75) is 13.3 Å². The molecule has 0 atom stereocenters. The number of non-ortho nitro benzene ring substituents is 1. The van der Waals surface area contributed by atoms with Gasteiger partial charge < -0.3 is 10.6 Å². The maximum absolute atomic E-state index is 12.2. The summed E-state index contributed by atoms with van der Waals surface area (Å²) in [6.45, 7) is 2.51. The molecule has 0 radical (unpaired) electrons. The van der Waals surface area contributed by atoms with Gasteiger partial charge in [-0.1, -0.05) is 31.2 Å². The van der Waals surface area contributed by atoms with E-state index in [4.69, 9.17) is 12.2 Å². The van der Waals surface area contributed by atoms with Crippen molar-refractivity contribution in [3.8, 4) is 0 Å². The molecular weight excluding hydrogens is 392 g/mol. The first-order chi connectivity index (χ1) is 13.9. The molecule has 0 fully saturated rings. The lowest BCUT2D eigenvalue weighted by atomic mass is 10.1. The van der Waals surface area contributed by atoms with Crippen LogP contribution in [0.2, 0.25) is 0 Å². The SMILES string of the molecule is CCCNC(=O)c1ccccc1NC(=S)NC(=O)/C=C/c1cccc([N+](=O)[O-])c1. The van der Waals surface area contributed by atoms with E-state index < -0.39 is 10.8 Å². The molecule has 3 N–H and O–H groups in total.